The van der Waals surface area contributed by atoms with Crippen LogP contribution in [0, 0.1) is 11.2 Å². The number of rotatable bonds is 3. The average molecular weight is 226 g/mol. The minimum absolute atomic E-state index is 0.0477. The van der Waals surface area contributed by atoms with E-state index in [4.69, 9.17) is 5.73 Å². The fourth-order valence-electron chi connectivity index (χ4n) is 0.993. The van der Waals surface area contributed by atoms with Gasteiger partial charge < -0.3 is 16.2 Å². The zero-order chi connectivity index (χ0) is 12.3. The topological polar surface area (TPSA) is 75.4 Å². The monoisotopic (exact) mass is 226 g/mol. The van der Waals surface area contributed by atoms with Crippen LogP contribution >= 0.6 is 0 Å². The van der Waals surface area contributed by atoms with Crippen molar-refractivity contribution in [3.8, 4) is 5.75 Å². The molecule has 5 heteroatoms. The van der Waals surface area contributed by atoms with Gasteiger partial charge in [0.15, 0.2) is 0 Å². The summed E-state index contributed by atoms with van der Waals surface area (Å²) >= 11 is 0. The molecule has 1 aromatic rings. The Morgan fingerprint density at radius 1 is 1.56 bits per heavy atom. The lowest BCUT2D eigenvalue weighted by atomic mass is 9.92. The molecule has 0 aromatic heterocycles. The van der Waals surface area contributed by atoms with Gasteiger partial charge >= 0.3 is 0 Å². The zero-order valence-corrected chi connectivity index (χ0v) is 9.25. The van der Waals surface area contributed by atoms with Gasteiger partial charge in [-0.1, -0.05) is 0 Å². The molecule has 0 saturated carbocycles. The maximum absolute atomic E-state index is 12.9. The Hall–Kier alpha value is -1.62. The fraction of sp³-hybridized carbons (Fsp3) is 0.364. The number of amides is 1. The molecular formula is C11H15FN2O2. The van der Waals surface area contributed by atoms with Crippen molar-refractivity contribution in [3.05, 3.63) is 24.0 Å². The molecular weight excluding hydrogens is 211 g/mol. The summed E-state index contributed by atoms with van der Waals surface area (Å²) in [7, 11) is 0. The number of benzene rings is 1. The first-order valence-corrected chi connectivity index (χ1v) is 4.87. The number of nitrogens with two attached hydrogens (primary N) is 1. The largest absolute Gasteiger partial charge is 0.506 e. The van der Waals surface area contributed by atoms with E-state index in [-0.39, 0.29) is 23.9 Å². The van der Waals surface area contributed by atoms with Crippen molar-refractivity contribution in [2.75, 3.05) is 11.9 Å². The highest BCUT2D eigenvalue weighted by atomic mass is 19.1. The molecule has 0 saturated heterocycles. The third-order valence-corrected chi connectivity index (χ3v) is 2.33. The lowest BCUT2D eigenvalue weighted by Gasteiger charge is -2.21. The first-order chi connectivity index (χ1) is 7.36. The highest BCUT2D eigenvalue weighted by Gasteiger charge is 2.26. The van der Waals surface area contributed by atoms with E-state index in [2.05, 4.69) is 5.32 Å². The molecule has 0 heterocycles. The van der Waals surface area contributed by atoms with Crippen molar-refractivity contribution >= 4 is 11.6 Å². The van der Waals surface area contributed by atoms with Crippen molar-refractivity contribution < 1.29 is 14.3 Å². The Bertz CT molecular complexity index is 405. The van der Waals surface area contributed by atoms with E-state index in [9.17, 15) is 14.3 Å². The number of aromatic hydroxyl groups is 1. The standard InChI is InChI=1S/C11H15FN2O2/c1-11(2,6-13)10(16)14-8-5-7(12)3-4-9(8)15/h3-5,15H,6,13H2,1-2H3,(H,14,16). The molecule has 0 aliphatic carbocycles. The lowest BCUT2D eigenvalue weighted by molar-refractivity contribution is -0.123. The van der Waals surface area contributed by atoms with E-state index in [0.717, 1.165) is 12.1 Å². The number of carbonyl (C=O) groups excluding carboxylic acids is 1. The van der Waals surface area contributed by atoms with Crippen molar-refractivity contribution in [1.82, 2.24) is 0 Å². The van der Waals surface area contributed by atoms with Crippen molar-refractivity contribution in [2.24, 2.45) is 11.1 Å². The van der Waals surface area contributed by atoms with Crippen LogP contribution in [0.1, 0.15) is 13.8 Å². The summed E-state index contributed by atoms with van der Waals surface area (Å²) in [4.78, 5) is 11.7. The van der Waals surface area contributed by atoms with E-state index >= 15 is 0 Å². The number of halogens is 1. The molecule has 4 nitrogen and oxygen atoms in total. The molecule has 16 heavy (non-hydrogen) atoms. The fourth-order valence-corrected chi connectivity index (χ4v) is 0.993. The summed E-state index contributed by atoms with van der Waals surface area (Å²) < 4.78 is 12.9. The quantitative estimate of drug-likeness (QED) is 0.683. The van der Waals surface area contributed by atoms with E-state index in [1.54, 1.807) is 13.8 Å². The van der Waals surface area contributed by atoms with Gasteiger partial charge in [0, 0.05) is 12.6 Å². The van der Waals surface area contributed by atoms with Crippen LogP contribution < -0.4 is 11.1 Å². The van der Waals surface area contributed by atoms with E-state index < -0.39 is 11.2 Å². The van der Waals surface area contributed by atoms with Crippen LogP contribution in [-0.4, -0.2) is 17.6 Å². The molecule has 0 unspecified atom stereocenters. The van der Waals surface area contributed by atoms with Gasteiger partial charge in [-0.2, -0.15) is 0 Å². The smallest absolute Gasteiger partial charge is 0.231 e. The van der Waals surface area contributed by atoms with E-state index in [1.165, 1.54) is 6.07 Å². The molecule has 88 valence electrons. The number of nitrogens with one attached hydrogen (secondary N) is 1. The molecule has 0 aliphatic rings. The summed E-state index contributed by atoms with van der Waals surface area (Å²) in [6.07, 6.45) is 0. The Morgan fingerprint density at radius 3 is 2.75 bits per heavy atom. The Morgan fingerprint density at radius 2 is 2.19 bits per heavy atom. The van der Waals surface area contributed by atoms with Crippen LogP contribution in [0.2, 0.25) is 0 Å². The summed E-state index contributed by atoms with van der Waals surface area (Å²) in [6.45, 7) is 3.49. The average Bonchev–Trinajstić information content (AvgIpc) is 2.23. The summed E-state index contributed by atoms with van der Waals surface area (Å²) in [5, 5.41) is 11.8. The van der Waals surface area contributed by atoms with Crippen LogP contribution in [0.15, 0.2) is 18.2 Å². The number of phenols is 1. The zero-order valence-electron chi connectivity index (χ0n) is 9.25. The maximum Gasteiger partial charge on any atom is 0.231 e. The summed E-state index contributed by atoms with van der Waals surface area (Å²) in [5.41, 5.74) is 4.71. The molecule has 0 bridgehead atoms. The molecule has 1 rings (SSSR count). The van der Waals surface area contributed by atoms with Crippen molar-refractivity contribution in [1.29, 1.82) is 0 Å². The Balaban J connectivity index is 2.89. The number of phenolic OH excluding ortho intramolecular Hbond substituents is 1. The SMILES string of the molecule is CC(C)(CN)C(=O)Nc1cc(F)ccc1O. The predicted molar refractivity (Wildman–Crippen MR) is 59.5 cm³/mol. The maximum atomic E-state index is 12.9. The minimum atomic E-state index is -0.765. The molecule has 0 atom stereocenters. The van der Waals surface area contributed by atoms with Gasteiger partial charge in [0.05, 0.1) is 11.1 Å². The van der Waals surface area contributed by atoms with Crippen LogP contribution in [-0.2, 0) is 4.79 Å². The Labute approximate surface area is 93.3 Å². The number of carbonyl (C=O) groups is 1. The van der Waals surface area contributed by atoms with Crippen LogP contribution in [0.5, 0.6) is 5.75 Å². The van der Waals surface area contributed by atoms with Crippen LogP contribution in [0.25, 0.3) is 0 Å². The molecule has 0 fully saturated rings. The lowest BCUT2D eigenvalue weighted by Crippen LogP contribution is -2.37. The molecule has 1 aromatic carbocycles. The second kappa shape index (κ2) is 4.49. The third-order valence-electron chi connectivity index (χ3n) is 2.33. The molecule has 0 radical (unpaired) electrons. The second-order valence-corrected chi connectivity index (χ2v) is 4.20. The van der Waals surface area contributed by atoms with Gasteiger partial charge in [-0.3, -0.25) is 4.79 Å². The summed E-state index contributed by atoms with van der Waals surface area (Å²) in [6, 6.07) is 3.35. The first kappa shape index (κ1) is 12.4. The van der Waals surface area contributed by atoms with Gasteiger partial charge in [0.1, 0.15) is 11.6 Å². The normalized spacial score (nSPS) is 11.2. The van der Waals surface area contributed by atoms with E-state index in [1.807, 2.05) is 0 Å². The number of hydrogen-bond acceptors (Lipinski definition) is 3. The van der Waals surface area contributed by atoms with Gasteiger partial charge in [-0.05, 0) is 26.0 Å². The molecule has 1 amide bonds. The summed E-state index contributed by atoms with van der Waals surface area (Å²) in [5.74, 6) is -1.07. The van der Waals surface area contributed by atoms with Gasteiger partial charge in [0.25, 0.3) is 0 Å². The minimum Gasteiger partial charge on any atom is -0.506 e. The number of hydrogen-bond donors (Lipinski definition) is 3. The Kier molecular flexibility index (Phi) is 3.49. The van der Waals surface area contributed by atoms with Gasteiger partial charge in [-0.15, -0.1) is 0 Å². The third kappa shape index (κ3) is 2.70. The number of anilines is 1. The second-order valence-electron chi connectivity index (χ2n) is 4.20. The first-order valence-electron chi connectivity index (χ1n) is 4.87. The van der Waals surface area contributed by atoms with Gasteiger partial charge in [-0.25, -0.2) is 4.39 Å². The van der Waals surface area contributed by atoms with Gasteiger partial charge in [0.2, 0.25) is 5.91 Å². The predicted octanol–water partition coefficient (Wildman–Crippen LogP) is 1.45. The van der Waals surface area contributed by atoms with Crippen LogP contribution in [0.3, 0.4) is 0 Å². The van der Waals surface area contributed by atoms with E-state index in [0.29, 0.717) is 0 Å². The molecule has 4 N–H and O–H groups in total. The highest BCUT2D eigenvalue weighted by molar-refractivity contribution is 5.96. The van der Waals surface area contributed by atoms with Crippen molar-refractivity contribution in [3.63, 3.8) is 0 Å². The highest BCUT2D eigenvalue weighted by Crippen LogP contribution is 2.25. The van der Waals surface area contributed by atoms with Crippen molar-refractivity contribution in [2.45, 2.75) is 13.8 Å². The molecule has 0 aliphatic heterocycles. The molecule has 0 spiro atoms. The van der Waals surface area contributed by atoms with Crippen LogP contribution in [0.4, 0.5) is 10.1 Å².